The number of halogens is 1. The van der Waals surface area contributed by atoms with Gasteiger partial charge in [0, 0.05) is 25.7 Å². The molecule has 1 aliphatic heterocycles. The summed E-state index contributed by atoms with van der Waals surface area (Å²) < 4.78 is 12.6. The summed E-state index contributed by atoms with van der Waals surface area (Å²) in [5, 5.41) is 2.79. The number of hydrogen-bond donors (Lipinski definition) is 2. The number of nitrogens with zero attached hydrogens (tertiary/aromatic N) is 1. The molecule has 1 saturated heterocycles. The Labute approximate surface area is 99.6 Å². The van der Waals surface area contributed by atoms with Gasteiger partial charge >= 0.3 is 0 Å². The Bertz CT molecular complexity index is 387. The second kappa shape index (κ2) is 5.25. The molecule has 17 heavy (non-hydrogen) atoms. The lowest BCUT2D eigenvalue weighted by molar-refractivity contribution is -0.123. The minimum atomic E-state index is -0.269. The topological polar surface area (TPSA) is 58.4 Å². The molecule has 0 atom stereocenters. The molecular formula is C12H16FN3O. The standard InChI is InChI=1S/C12H16FN3O/c13-10-3-1-9(2-4-10)5-15-12(17)8-16-6-11(14)7-16/h1-4,11H,5-8,14H2,(H,15,17). The lowest BCUT2D eigenvalue weighted by atomic mass is 10.1. The molecule has 2 rings (SSSR count). The van der Waals surface area contributed by atoms with Gasteiger partial charge < -0.3 is 11.1 Å². The van der Waals surface area contributed by atoms with Gasteiger partial charge in [-0.3, -0.25) is 9.69 Å². The van der Waals surface area contributed by atoms with Crippen LogP contribution in [0.3, 0.4) is 0 Å². The lowest BCUT2D eigenvalue weighted by Crippen LogP contribution is -2.57. The van der Waals surface area contributed by atoms with E-state index in [9.17, 15) is 9.18 Å². The first-order chi connectivity index (χ1) is 8.13. The van der Waals surface area contributed by atoms with E-state index in [1.165, 1.54) is 12.1 Å². The monoisotopic (exact) mass is 237 g/mol. The van der Waals surface area contributed by atoms with Gasteiger partial charge in [0.15, 0.2) is 0 Å². The molecular weight excluding hydrogens is 221 g/mol. The summed E-state index contributed by atoms with van der Waals surface area (Å²) in [5.74, 6) is -0.295. The summed E-state index contributed by atoms with van der Waals surface area (Å²) in [5.41, 5.74) is 6.50. The van der Waals surface area contributed by atoms with E-state index in [-0.39, 0.29) is 17.8 Å². The van der Waals surface area contributed by atoms with E-state index < -0.39 is 0 Å². The number of carbonyl (C=O) groups is 1. The summed E-state index contributed by atoms with van der Waals surface area (Å²) in [6.45, 7) is 2.38. The van der Waals surface area contributed by atoms with E-state index >= 15 is 0 Å². The maximum absolute atomic E-state index is 12.6. The molecule has 0 saturated carbocycles. The number of nitrogens with one attached hydrogen (secondary N) is 1. The predicted octanol–water partition coefficient (Wildman–Crippen LogP) is 0.0848. The van der Waals surface area contributed by atoms with Gasteiger partial charge in [-0.1, -0.05) is 12.1 Å². The Morgan fingerprint density at radius 1 is 1.41 bits per heavy atom. The highest BCUT2D eigenvalue weighted by Gasteiger charge is 2.24. The third-order valence-corrected chi connectivity index (χ3v) is 2.76. The average molecular weight is 237 g/mol. The fourth-order valence-electron chi connectivity index (χ4n) is 1.80. The number of carbonyl (C=O) groups excluding carboxylic acids is 1. The first kappa shape index (κ1) is 12.0. The van der Waals surface area contributed by atoms with Crippen LogP contribution in [0, 0.1) is 5.82 Å². The zero-order valence-electron chi connectivity index (χ0n) is 9.53. The van der Waals surface area contributed by atoms with Gasteiger partial charge in [-0.15, -0.1) is 0 Å². The summed E-state index contributed by atoms with van der Waals surface area (Å²) in [7, 11) is 0. The third kappa shape index (κ3) is 3.51. The normalized spacial score (nSPS) is 16.6. The van der Waals surface area contributed by atoms with Crippen molar-refractivity contribution in [3.63, 3.8) is 0 Å². The Hall–Kier alpha value is -1.46. The van der Waals surface area contributed by atoms with Crippen LogP contribution in [0.1, 0.15) is 5.56 Å². The van der Waals surface area contributed by atoms with Crippen LogP contribution in [-0.2, 0) is 11.3 Å². The highest BCUT2D eigenvalue weighted by atomic mass is 19.1. The van der Waals surface area contributed by atoms with E-state index in [2.05, 4.69) is 5.32 Å². The molecule has 0 unspecified atom stereocenters. The zero-order valence-corrected chi connectivity index (χ0v) is 9.53. The van der Waals surface area contributed by atoms with Crippen molar-refractivity contribution in [3.8, 4) is 0 Å². The van der Waals surface area contributed by atoms with Gasteiger partial charge in [-0.2, -0.15) is 0 Å². The Morgan fingerprint density at radius 3 is 2.65 bits per heavy atom. The molecule has 5 heteroatoms. The van der Waals surface area contributed by atoms with Crippen LogP contribution in [0.4, 0.5) is 4.39 Å². The van der Waals surface area contributed by atoms with E-state index in [4.69, 9.17) is 5.73 Å². The highest BCUT2D eigenvalue weighted by Crippen LogP contribution is 2.04. The SMILES string of the molecule is NC1CN(CC(=O)NCc2ccc(F)cc2)C1. The first-order valence-corrected chi connectivity index (χ1v) is 5.62. The van der Waals surface area contributed by atoms with Crippen LogP contribution in [0.15, 0.2) is 24.3 Å². The summed E-state index contributed by atoms with van der Waals surface area (Å²) in [4.78, 5) is 13.5. The van der Waals surface area contributed by atoms with Gasteiger partial charge in [0.05, 0.1) is 6.54 Å². The summed E-state index contributed by atoms with van der Waals surface area (Å²) >= 11 is 0. The molecule has 4 nitrogen and oxygen atoms in total. The van der Waals surface area contributed by atoms with E-state index in [1.807, 2.05) is 4.90 Å². The molecule has 3 N–H and O–H groups in total. The van der Waals surface area contributed by atoms with Crippen molar-refractivity contribution in [3.05, 3.63) is 35.6 Å². The first-order valence-electron chi connectivity index (χ1n) is 5.62. The van der Waals surface area contributed by atoms with Crippen LogP contribution in [0.25, 0.3) is 0 Å². The molecule has 1 amide bonds. The molecule has 0 spiro atoms. The average Bonchev–Trinajstić information content (AvgIpc) is 2.26. The smallest absolute Gasteiger partial charge is 0.234 e. The Kier molecular flexibility index (Phi) is 3.71. The minimum absolute atomic E-state index is 0.0266. The van der Waals surface area contributed by atoms with E-state index in [0.29, 0.717) is 13.1 Å². The van der Waals surface area contributed by atoms with Crippen molar-refractivity contribution in [1.82, 2.24) is 10.2 Å². The Balaban J connectivity index is 1.70. The van der Waals surface area contributed by atoms with Crippen molar-refractivity contribution in [1.29, 1.82) is 0 Å². The summed E-state index contributed by atoms with van der Waals surface area (Å²) in [6.07, 6.45) is 0. The van der Waals surface area contributed by atoms with Crippen LogP contribution in [0.2, 0.25) is 0 Å². The lowest BCUT2D eigenvalue weighted by Gasteiger charge is -2.36. The summed E-state index contributed by atoms with van der Waals surface area (Å²) in [6, 6.07) is 6.30. The number of hydrogen-bond acceptors (Lipinski definition) is 3. The van der Waals surface area contributed by atoms with Crippen LogP contribution in [0.5, 0.6) is 0 Å². The molecule has 1 fully saturated rings. The second-order valence-electron chi connectivity index (χ2n) is 4.36. The van der Waals surface area contributed by atoms with Crippen LogP contribution >= 0.6 is 0 Å². The maximum atomic E-state index is 12.6. The van der Waals surface area contributed by atoms with Crippen molar-refractivity contribution in [2.24, 2.45) is 5.73 Å². The molecule has 0 bridgehead atoms. The van der Waals surface area contributed by atoms with Crippen molar-refractivity contribution < 1.29 is 9.18 Å². The van der Waals surface area contributed by atoms with Crippen LogP contribution in [-0.4, -0.2) is 36.5 Å². The van der Waals surface area contributed by atoms with Crippen molar-refractivity contribution in [2.75, 3.05) is 19.6 Å². The number of amides is 1. The molecule has 0 aromatic heterocycles. The van der Waals surface area contributed by atoms with Gasteiger partial charge in [0.1, 0.15) is 5.82 Å². The molecule has 1 heterocycles. The van der Waals surface area contributed by atoms with Gasteiger partial charge in [0.25, 0.3) is 0 Å². The van der Waals surface area contributed by atoms with E-state index in [1.54, 1.807) is 12.1 Å². The molecule has 0 aliphatic carbocycles. The molecule has 0 radical (unpaired) electrons. The number of nitrogens with two attached hydrogens (primary N) is 1. The third-order valence-electron chi connectivity index (χ3n) is 2.76. The second-order valence-corrected chi connectivity index (χ2v) is 4.36. The molecule has 1 aliphatic rings. The predicted molar refractivity (Wildman–Crippen MR) is 62.7 cm³/mol. The van der Waals surface area contributed by atoms with Gasteiger partial charge in [-0.05, 0) is 17.7 Å². The Morgan fingerprint density at radius 2 is 2.06 bits per heavy atom. The number of likely N-dealkylation sites (tertiary alicyclic amines) is 1. The van der Waals surface area contributed by atoms with Gasteiger partial charge in [0.2, 0.25) is 5.91 Å². The zero-order chi connectivity index (χ0) is 12.3. The maximum Gasteiger partial charge on any atom is 0.234 e. The fraction of sp³-hybridized carbons (Fsp3) is 0.417. The quantitative estimate of drug-likeness (QED) is 0.780. The van der Waals surface area contributed by atoms with Crippen LogP contribution < -0.4 is 11.1 Å². The number of benzene rings is 1. The fourth-order valence-corrected chi connectivity index (χ4v) is 1.80. The van der Waals surface area contributed by atoms with Crippen molar-refractivity contribution in [2.45, 2.75) is 12.6 Å². The molecule has 92 valence electrons. The van der Waals surface area contributed by atoms with E-state index in [0.717, 1.165) is 18.7 Å². The highest BCUT2D eigenvalue weighted by molar-refractivity contribution is 5.78. The molecule has 1 aromatic carbocycles. The largest absolute Gasteiger partial charge is 0.351 e. The molecule has 1 aromatic rings. The number of rotatable bonds is 4. The minimum Gasteiger partial charge on any atom is -0.351 e. The van der Waals surface area contributed by atoms with Gasteiger partial charge in [-0.25, -0.2) is 4.39 Å². The van der Waals surface area contributed by atoms with Crippen molar-refractivity contribution >= 4 is 5.91 Å².